The molecule has 1 N–H and O–H groups in total. The Kier molecular flexibility index (Phi) is 8.55. The molecule has 0 saturated carbocycles. The average Bonchev–Trinajstić information content (AvgIpc) is 3.31. The van der Waals surface area contributed by atoms with Crippen LogP contribution in [-0.4, -0.2) is 47.6 Å². The van der Waals surface area contributed by atoms with E-state index in [0.29, 0.717) is 31.7 Å². The fourth-order valence-electron chi connectivity index (χ4n) is 4.19. The molecule has 0 spiro atoms. The number of carbonyl (C=O) groups is 2. The molecule has 2 heterocycles. The van der Waals surface area contributed by atoms with E-state index in [9.17, 15) is 14.7 Å². The van der Waals surface area contributed by atoms with E-state index < -0.39 is 17.7 Å². The molecule has 6 nitrogen and oxygen atoms in total. The molecule has 34 heavy (non-hydrogen) atoms. The maximum absolute atomic E-state index is 13.2. The second-order valence-corrected chi connectivity index (χ2v) is 10.0. The number of hydrogen-bond donors (Lipinski definition) is 1. The zero-order valence-electron chi connectivity index (χ0n) is 20.9. The van der Waals surface area contributed by atoms with Gasteiger partial charge in [0, 0.05) is 23.6 Å². The summed E-state index contributed by atoms with van der Waals surface area (Å²) in [5, 5.41) is 13.3. The maximum Gasteiger partial charge on any atom is 0.295 e. The number of aliphatic hydroxyl groups is 1. The van der Waals surface area contributed by atoms with E-state index in [2.05, 4.69) is 13.8 Å². The minimum absolute atomic E-state index is 0.0977. The molecule has 1 aromatic heterocycles. The van der Waals surface area contributed by atoms with Crippen LogP contribution in [0.4, 0.5) is 0 Å². The lowest BCUT2D eigenvalue weighted by atomic mass is 9.94. The molecular formula is C27H35NO5S. The predicted octanol–water partition coefficient (Wildman–Crippen LogP) is 5.82. The highest BCUT2D eigenvalue weighted by atomic mass is 32.1. The van der Waals surface area contributed by atoms with Gasteiger partial charge in [-0.3, -0.25) is 9.59 Å². The molecule has 7 heteroatoms. The van der Waals surface area contributed by atoms with Crippen molar-refractivity contribution in [3.05, 3.63) is 56.8 Å². The van der Waals surface area contributed by atoms with Crippen molar-refractivity contribution in [1.29, 1.82) is 0 Å². The number of hydrogen-bond acceptors (Lipinski definition) is 6. The summed E-state index contributed by atoms with van der Waals surface area (Å²) in [5.74, 6) is -0.473. The Morgan fingerprint density at radius 3 is 2.50 bits per heavy atom. The van der Waals surface area contributed by atoms with Gasteiger partial charge in [0.2, 0.25) is 0 Å². The Labute approximate surface area is 206 Å². The number of benzene rings is 1. The quantitative estimate of drug-likeness (QED) is 0.199. The third kappa shape index (κ3) is 5.36. The van der Waals surface area contributed by atoms with Gasteiger partial charge < -0.3 is 19.5 Å². The number of ether oxygens (including phenoxy) is 2. The number of likely N-dealkylation sites (tertiary alicyclic amines) is 1. The van der Waals surface area contributed by atoms with Gasteiger partial charge >= 0.3 is 0 Å². The SMILES string of the molecule is CCOc1ccc(/C(O)=C2/C(=O)C(=O)N(CCCOC(C)C)C2c2sccc2C)cc1C(C)C. The molecule has 0 aliphatic carbocycles. The van der Waals surface area contributed by atoms with Crippen LogP contribution < -0.4 is 4.74 Å². The molecule has 1 atom stereocenters. The van der Waals surface area contributed by atoms with Crippen LogP contribution >= 0.6 is 11.3 Å². The van der Waals surface area contributed by atoms with E-state index in [1.54, 1.807) is 11.0 Å². The van der Waals surface area contributed by atoms with Crippen molar-refractivity contribution >= 4 is 28.8 Å². The Morgan fingerprint density at radius 1 is 1.18 bits per heavy atom. The van der Waals surface area contributed by atoms with Gasteiger partial charge in [0.05, 0.1) is 24.3 Å². The lowest BCUT2D eigenvalue weighted by Crippen LogP contribution is -2.31. The van der Waals surface area contributed by atoms with Gasteiger partial charge in [0.15, 0.2) is 0 Å². The minimum Gasteiger partial charge on any atom is -0.507 e. The first-order valence-electron chi connectivity index (χ1n) is 11.9. The summed E-state index contributed by atoms with van der Waals surface area (Å²) in [6.07, 6.45) is 0.702. The van der Waals surface area contributed by atoms with Crippen molar-refractivity contribution in [3.8, 4) is 5.75 Å². The summed E-state index contributed by atoms with van der Waals surface area (Å²) < 4.78 is 11.4. The normalized spacial score (nSPS) is 17.9. The number of rotatable bonds is 10. The smallest absolute Gasteiger partial charge is 0.295 e. The van der Waals surface area contributed by atoms with E-state index in [4.69, 9.17) is 9.47 Å². The van der Waals surface area contributed by atoms with Crippen LogP contribution in [0, 0.1) is 6.92 Å². The first-order chi connectivity index (χ1) is 16.2. The molecular weight excluding hydrogens is 450 g/mol. The number of Topliss-reactive ketones (excluding diaryl/α,β-unsaturated/α-hetero) is 1. The highest BCUT2D eigenvalue weighted by Crippen LogP contribution is 2.43. The number of amides is 1. The lowest BCUT2D eigenvalue weighted by molar-refractivity contribution is -0.140. The van der Waals surface area contributed by atoms with Crippen molar-refractivity contribution in [1.82, 2.24) is 4.90 Å². The molecule has 0 bridgehead atoms. The van der Waals surface area contributed by atoms with Crippen LogP contribution in [0.5, 0.6) is 5.75 Å². The number of ketones is 1. The van der Waals surface area contributed by atoms with Crippen LogP contribution in [0.25, 0.3) is 5.76 Å². The largest absolute Gasteiger partial charge is 0.507 e. The molecule has 0 radical (unpaired) electrons. The number of nitrogens with zero attached hydrogens (tertiary/aromatic N) is 1. The molecule has 1 aliphatic rings. The van der Waals surface area contributed by atoms with Crippen molar-refractivity contribution < 1.29 is 24.2 Å². The maximum atomic E-state index is 13.2. The topological polar surface area (TPSA) is 76.1 Å². The summed E-state index contributed by atoms with van der Waals surface area (Å²) in [5.41, 5.74) is 2.57. The summed E-state index contributed by atoms with van der Waals surface area (Å²) in [6.45, 7) is 13.3. The van der Waals surface area contributed by atoms with Crippen molar-refractivity contribution in [3.63, 3.8) is 0 Å². The molecule has 2 aromatic rings. The second kappa shape index (κ2) is 11.2. The summed E-state index contributed by atoms with van der Waals surface area (Å²) >= 11 is 1.49. The zero-order valence-corrected chi connectivity index (χ0v) is 21.7. The molecule has 1 fully saturated rings. The molecule has 1 unspecified atom stereocenters. The van der Waals surface area contributed by atoms with Gasteiger partial charge in [-0.15, -0.1) is 11.3 Å². The van der Waals surface area contributed by atoms with E-state index in [0.717, 1.165) is 21.8 Å². The molecule has 1 amide bonds. The fourth-order valence-corrected chi connectivity index (χ4v) is 5.24. The first kappa shape index (κ1) is 26.0. The Balaban J connectivity index is 2.07. The monoisotopic (exact) mass is 485 g/mol. The van der Waals surface area contributed by atoms with E-state index in [1.165, 1.54) is 11.3 Å². The number of aliphatic hydroxyl groups excluding tert-OH is 1. The zero-order chi connectivity index (χ0) is 25.0. The number of thiophene rings is 1. The highest BCUT2D eigenvalue weighted by Gasteiger charge is 2.46. The van der Waals surface area contributed by atoms with E-state index in [1.807, 2.05) is 51.3 Å². The van der Waals surface area contributed by atoms with Gasteiger partial charge in [-0.2, -0.15) is 0 Å². The molecule has 1 aromatic carbocycles. The fraction of sp³-hybridized carbons (Fsp3) is 0.481. The van der Waals surface area contributed by atoms with Crippen LogP contribution in [-0.2, 0) is 14.3 Å². The molecule has 3 rings (SSSR count). The predicted molar refractivity (Wildman–Crippen MR) is 135 cm³/mol. The van der Waals surface area contributed by atoms with Crippen molar-refractivity contribution in [2.24, 2.45) is 0 Å². The second-order valence-electron chi connectivity index (χ2n) is 9.07. The van der Waals surface area contributed by atoms with Gasteiger partial charge in [0.25, 0.3) is 11.7 Å². The van der Waals surface area contributed by atoms with Crippen molar-refractivity contribution in [2.75, 3.05) is 19.8 Å². The average molecular weight is 486 g/mol. The van der Waals surface area contributed by atoms with Crippen molar-refractivity contribution in [2.45, 2.75) is 66.0 Å². The lowest BCUT2D eigenvalue weighted by Gasteiger charge is -2.25. The number of carbonyl (C=O) groups excluding carboxylic acids is 2. The van der Waals surface area contributed by atoms with Crippen LogP contribution in [0.15, 0.2) is 35.2 Å². The third-order valence-electron chi connectivity index (χ3n) is 5.89. The van der Waals surface area contributed by atoms with Gasteiger partial charge in [-0.1, -0.05) is 13.8 Å². The number of aryl methyl sites for hydroxylation is 1. The Morgan fingerprint density at radius 2 is 1.91 bits per heavy atom. The molecule has 1 saturated heterocycles. The van der Waals surface area contributed by atoms with E-state index >= 15 is 0 Å². The van der Waals surface area contributed by atoms with Crippen LogP contribution in [0.3, 0.4) is 0 Å². The van der Waals surface area contributed by atoms with Crippen LogP contribution in [0.2, 0.25) is 0 Å². The van der Waals surface area contributed by atoms with Gasteiger partial charge in [-0.25, -0.2) is 0 Å². The highest BCUT2D eigenvalue weighted by molar-refractivity contribution is 7.10. The Bertz CT molecular complexity index is 1070. The third-order valence-corrected chi connectivity index (χ3v) is 6.96. The summed E-state index contributed by atoms with van der Waals surface area (Å²) in [6, 6.07) is 6.77. The van der Waals surface area contributed by atoms with Crippen LogP contribution in [0.1, 0.15) is 74.6 Å². The summed E-state index contributed by atoms with van der Waals surface area (Å²) in [7, 11) is 0. The Hall–Kier alpha value is -2.64. The first-order valence-corrected chi connectivity index (χ1v) is 12.8. The van der Waals surface area contributed by atoms with Gasteiger partial charge in [-0.05, 0) is 80.8 Å². The molecule has 1 aliphatic heterocycles. The molecule has 184 valence electrons. The summed E-state index contributed by atoms with van der Waals surface area (Å²) in [4.78, 5) is 28.8. The standard InChI is InChI=1S/C27H35NO5S/c1-7-32-21-10-9-19(15-20(21)16(2)3)24(29)22-23(26-18(6)11-14-34-26)28(27(31)25(22)30)12-8-13-33-17(4)5/h9-11,14-17,23,29H,7-8,12-13H2,1-6H3/b24-22-. The van der Waals surface area contributed by atoms with E-state index in [-0.39, 0.29) is 23.4 Å². The van der Waals surface area contributed by atoms with Gasteiger partial charge in [0.1, 0.15) is 11.5 Å². The minimum atomic E-state index is -0.653.